The van der Waals surface area contributed by atoms with Gasteiger partial charge in [0, 0.05) is 30.0 Å². The van der Waals surface area contributed by atoms with Crippen molar-refractivity contribution in [1.82, 2.24) is 10.3 Å². The Kier molecular flexibility index (Phi) is 5.88. The Hall–Kier alpha value is -2.56. The van der Waals surface area contributed by atoms with E-state index in [-0.39, 0.29) is 11.9 Å². The van der Waals surface area contributed by atoms with E-state index in [9.17, 15) is 4.79 Å². The van der Waals surface area contributed by atoms with Gasteiger partial charge in [-0.2, -0.15) is 0 Å². The fourth-order valence-electron chi connectivity index (χ4n) is 3.22. The normalized spacial score (nSPS) is 14.8. The number of hydrogen-bond acceptors (Lipinski definition) is 4. The molecule has 3 rings (SSSR count). The Balaban J connectivity index is 1.61. The lowest BCUT2D eigenvalue weighted by atomic mass is 9.95. The van der Waals surface area contributed by atoms with E-state index < -0.39 is 0 Å². The van der Waals surface area contributed by atoms with Crippen molar-refractivity contribution in [2.45, 2.75) is 44.7 Å². The molecule has 0 atom stereocenters. The highest BCUT2D eigenvalue weighted by Gasteiger charge is 2.17. The predicted octanol–water partition coefficient (Wildman–Crippen LogP) is 3.76. The van der Waals surface area contributed by atoms with Gasteiger partial charge in [-0.25, -0.2) is 0 Å². The zero-order valence-electron chi connectivity index (χ0n) is 14.6. The molecule has 0 bridgehead atoms. The summed E-state index contributed by atoms with van der Waals surface area (Å²) in [4.78, 5) is 16.6. The number of ether oxygens (including phenoxy) is 1. The van der Waals surface area contributed by atoms with Crippen LogP contribution in [-0.2, 0) is 6.54 Å². The third-order valence-corrected chi connectivity index (χ3v) is 4.61. The fourth-order valence-corrected chi connectivity index (χ4v) is 3.22. The second-order valence-electron chi connectivity index (χ2n) is 6.40. The van der Waals surface area contributed by atoms with Gasteiger partial charge in [-0.3, -0.25) is 9.78 Å². The van der Waals surface area contributed by atoms with E-state index in [4.69, 9.17) is 4.74 Å². The van der Waals surface area contributed by atoms with E-state index in [1.165, 1.54) is 19.3 Å². The van der Waals surface area contributed by atoms with Crippen LogP contribution in [0.1, 0.15) is 48.2 Å². The quantitative estimate of drug-likeness (QED) is 0.841. The number of carbonyl (C=O) groups excluding carboxylic acids is 1. The molecule has 2 N–H and O–H groups in total. The van der Waals surface area contributed by atoms with E-state index >= 15 is 0 Å². The van der Waals surface area contributed by atoms with E-state index in [0.29, 0.717) is 12.2 Å². The summed E-state index contributed by atoms with van der Waals surface area (Å²) in [6, 6.07) is 11.8. The molecular formula is C20H25N3O2. The third-order valence-electron chi connectivity index (χ3n) is 4.61. The highest BCUT2D eigenvalue weighted by atomic mass is 16.5. The van der Waals surface area contributed by atoms with Gasteiger partial charge in [0.2, 0.25) is 0 Å². The number of amides is 1. The van der Waals surface area contributed by atoms with Gasteiger partial charge in [0.15, 0.2) is 0 Å². The zero-order valence-corrected chi connectivity index (χ0v) is 14.6. The van der Waals surface area contributed by atoms with Gasteiger partial charge in [-0.05, 0) is 31.0 Å². The zero-order chi connectivity index (χ0) is 17.5. The first-order valence-electron chi connectivity index (χ1n) is 8.89. The van der Waals surface area contributed by atoms with Gasteiger partial charge in [0.25, 0.3) is 5.91 Å². The summed E-state index contributed by atoms with van der Waals surface area (Å²) in [6.45, 7) is 0.623. The highest BCUT2D eigenvalue weighted by molar-refractivity contribution is 5.93. The van der Waals surface area contributed by atoms with E-state index in [1.54, 1.807) is 19.4 Å². The van der Waals surface area contributed by atoms with Crippen molar-refractivity contribution in [3.8, 4) is 5.75 Å². The molecule has 1 aromatic heterocycles. The second-order valence-corrected chi connectivity index (χ2v) is 6.40. The Morgan fingerprint density at radius 3 is 2.80 bits per heavy atom. The average Bonchev–Trinajstić information content (AvgIpc) is 2.67. The molecule has 1 amide bonds. The van der Waals surface area contributed by atoms with Crippen molar-refractivity contribution in [2.75, 3.05) is 12.4 Å². The van der Waals surface area contributed by atoms with E-state index in [2.05, 4.69) is 15.6 Å². The van der Waals surface area contributed by atoms with Crippen LogP contribution in [0, 0.1) is 0 Å². The minimum atomic E-state index is -0.0900. The van der Waals surface area contributed by atoms with Crippen LogP contribution in [0.5, 0.6) is 5.75 Å². The number of hydrogen-bond donors (Lipinski definition) is 2. The first-order chi connectivity index (χ1) is 12.3. The maximum Gasteiger partial charge on any atom is 0.270 e. The first-order valence-corrected chi connectivity index (χ1v) is 8.89. The lowest BCUT2D eigenvalue weighted by Gasteiger charge is -2.22. The van der Waals surface area contributed by atoms with Crippen LogP contribution in [0.3, 0.4) is 0 Å². The molecule has 5 nitrogen and oxygen atoms in total. The maximum absolute atomic E-state index is 12.4. The van der Waals surface area contributed by atoms with Gasteiger partial charge >= 0.3 is 0 Å². The SMILES string of the molecule is COc1ccccc1CNc1ccnc(C(=O)NC2CCCCC2)c1. The number of benzene rings is 1. The van der Waals surface area contributed by atoms with Gasteiger partial charge < -0.3 is 15.4 Å². The van der Waals surface area contributed by atoms with Crippen LogP contribution < -0.4 is 15.4 Å². The molecule has 1 aromatic carbocycles. The number of nitrogens with zero attached hydrogens (tertiary/aromatic N) is 1. The monoisotopic (exact) mass is 339 g/mol. The molecule has 1 heterocycles. The van der Waals surface area contributed by atoms with Crippen LogP contribution in [0.25, 0.3) is 0 Å². The molecule has 1 aliphatic rings. The lowest BCUT2D eigenvalue weighted by Crippen LogP contribution is -2.36. The molecule has 2 aromatic rings. The topological polar surface area (TPSA) is 63.2 Å². The fraction of sp³-hybridized carbons (Fsp3) is 0.400. The molecular weight excluding hydrogens is 314 g/mol. The first kappa shape index (κ1) is 17.3. The average molecular weight is 339 g/mol. The molecule has 0 spiro atoms. The number of aromatic nitrogens is 1. The molecule has 1 aliphatic carbocycles. The minimum absolute atomic E-state index is 0.0900. The molecule has 1 saturated carbocycles. The molecule has 1 fully saturated rings. The van der Waals surface area contributed by atoms with Crippen molar-refractivity contribution in [3.63, 3.8) is 0 Å². The summed E-state index contributed by atoms with van der Waals surface area (Å²) < 4.78 is 5.36. The van der Waals surface area contributed by atoms with Crippen molar-refractivity contribution in [2.24, 2.45) is 0 Å². The van der Waals surface area contributed by atoms with Crippen LogP contribution in [0.2, 0.25) is 0 Å². The number of carbonyl (C=O) groups is 1. The number of nitrogens with one attached hydrogen (secondary N) is 2. The maximum atomic E-state index is 12.4. The van der Waals surface area contributed by atoms with Gasteiger partial charge in [-0.1, -0.05) is 37.5 Å². The van der Waals surface area contributed by atoms with Crippen molar-refractivity contribution in [1.29, 1.82) is 0 Å². The number of rotatable bonds is 6. The molecule has 0 saturated heterocycles. The number of methoxy groups -OCH3 is 1. The molecule has 25 heavy (non-hydrogen) atoms. The summed E-state index contributed by atoms with van der Waals surface area (Å²) in [5, 5.41) is 6.44. The minimum Gasteiger partial charge on any atom is -0.496 e. The molecule has 0 unspecified atom stereocenters. The van der Waals surface area contributed by atoms with Gasteiger partial charge in [-0.15, -0.1) is 0 Å². The van der Waals surface area contributed by atoms with Crippen molar-refractivity contribution in [3.05, 3.63) is 53.9 Å². The van der Waals surface area contributed by atoms with Crippen LogP contribution in [0.15, 0.2) is 42.6 Å². The Morgan fingerprint density at radius 2 is 2.00 bits per heavy atom. The largest absolute Gasteiger partial charge is 0.496 e. The molecule has 132 valence electrons. The summed E-state index contributed by atoms with van der Waals surface area (Å²) in [5.41, 5.74) is 2.39. The van der Waals surface area contributed by atoms with Crippen molar-refractivity contribution < 1.29 is 9.53 Å². The Bertz CT molecular complexity index is 712. The summed E-state index contributed by atoms with van der Waals surface area (Å²) >= 11 is 0. The predicted molar refractivity (Wildman–Crippen MR) is 98.9 cm³/mol. The summed E-state index contributed by atoms with van der Waals surface area (Å²) in [5.74, 6) is 0.757. The standard InChI is InChI=1S/C20H25N3O2/c1-25-19-10-6-5-7-15(19)14-22-17-11-12-21-18(13-17)20(24)23-16-8-3-2-4-9-16/h5-7,10-13,16H,2-4,8-9,14H2,1H3,(H,21,22)(H,23,24). The Labute approximate surface area is 148 Å². The molecule has 0 aliphatic heterocycles. The smallest absolute Gasteiger partial charge is 0.270 e. The lowest BCUT2D eigenvalue weighted by molar-refractivity contribution is 0.0922. The summed E-state index contributed by atoms with van der Waals surface area (Å²) in [7, 11) is 1.67. The summed E-state index contributed by atoms with van der Waals surface area (Å²) in [6.07, 6.45) is 7.46. The van der Waals surface area contributed by atoms with Crippen LogP contribution in [0.4, 0.5) is 5.69 Å². The second kappa shape index (κ2) is 8.51. The third kappa shape index (κ3) is 4.72. The van der Waals surface area contributed by atoms with Crippen LogP contribution in [-0.4, -0.2) is 24.0 Å². The molecule has 0 radical (unpaired) electrons. The number of para-hydroxylation sites is 1. The van der Waals surface area contributed by atoms with Gasteiger partial charge in [0.05, 0.1) is 7.11 Å². The number of anilines is 1. The van der Waals surface area contributed by atoms with Gasteiger partial charge in [0.1, 0.15) is 11.4 Å². The number of pyridine rings is 1. The van der Waals surface area contributed by atoms with Crippen molar-refractivity contribution >= 4 is 11.6 Å². The van der Waals surface area contributed by atoms with E-state index in [0.717, 1.165) is 29.8 Å². The van der Waals surface area contributed by atoms with E-state index in [1.807, 2.05) is 30.3 Å². The Morgan fingerprint density at radius 1 is 1.20 bits per heavy atom. The van der Waals surface area contributed by atoms with Crippen LogP contribution >= 0.6 is 0 Å². The molecule has 5 heteroatoms. The highest BCUT2D eigenvalue weighted by Crippen LogP contribution is 2.20.